The lowest BCUT2D eigenvalue weighted by Crippen LogP contribution is -2.46. The van der Waals surface area contributed by atoms with E-state index in [-0.39, 0.29) is 10.3 Å². The van der Waals surface area contributed by atoms with Gasteiger partial charge in [0.2, 0.25) is 0 Å². The molecule has 1 aromatic carbocycles. The quantitative estimate of drug-likeness (QED) is 0.685. The van der Waals surface area contributed by atoms with Crippen LogP contribution in [-0.2, 0) is 5.54 Å². The number of benzene rings is 1. The molecule has 0 saturated carbocycles. The van der Waals surface area contributed by atoms with Crippen molar-refractivity contribution in [2.75, 3.05) is 0 Å². The second-order valence-corrected chi connectivity index (χ2v) is 5.98. The lowest BCUT2D eigenvalue weighted by Gasteiger charge is -2.34. The van der Waals surface area contributed by atoms with Crippen LogP contribution in [0.4, 0.5) is 0 Å². The molecule has 1 heterocycles. The largest absolute Gasteiger partial charge is 0.320 e. The molecule has 1 atom stereocenters. The van der Waals surface area contributed by atoms with E-state index in [4.69, 9.17) is 5.73 Å². The molecular formula is C11H15NS. The van der Waals surface area contributed by atoms with Crippen LogP contribution in [0.25, 0.3) is 0 Å². The lowest BCUT2D eigenvalue weighted by atomic mass is 9.82. The van der Waals surface area contributed by atoms with Gasteiger partial charge in [-0.15, -0.1) is 11.8 Å². The molecule has 70 valence electrons. The number of hydrogen-bond acceptors (Lipinski definition) is 2. The van der Waals surface area contributed by atoms with Crippen LogP contribution in [0, 0.1) is 0 Å². The smallest absolute Gasteiger partial charge is 0.0539 e. The predicted molar refractivity (Wildman–Crippen MR) is 57.9 cm³/mol. The highest BCUT2D eigenvalue weighted by atomic mass is 32.2. The van der Waals surface area contributed by atoms with Crippen LogP contribution in [0.2, 0.25) is 0 Å². The fourth-order valence-corrected chi connectivity index (χ4v) is 3.10. The van der Waals surface area contributed by atoms with E-state index < -0.39 is 0 Å². The molecule has 2 rings (SSSR count). The Hall–Kier alpha value is -0.470. The molecule has 0 radical (unpaired) electrons. The number of hydrogen-bond donors (Lipinski definition) is 1. The van der Waals surface area contributed by atoms with Gasteiger partial charge in [0.1, 0.15) is 0 Å². The molecular weight excluding hydrogens is 178 g/mol. The van der Waals surface area contributed by atoms with E-state index in [0.29, 0.717) is 0 Å². The molecule has 0 bridgehead atoms. The average molecular weight is 193 g/mol. The van der Waals surface area contributed by atoms with Gasteiger partial charge in [0.15, 0.2) is 0 Å². The molecule has 1 nitrogen and oxygen atoms in total. The standard InChI is InChI=1S/C11H15NS/c1-10(2)11(3,12)8-6-4-5-7-9(8)13-10/h4-7H,12H2,1-3H3. The maximum absolute atomic E-state index is 6.35. The third-order valence-electron chi connectivity index (χ3n) is 3.06. The summed E-state index contributed by atoms with van der Waals surface area (Å²) in [6.45, 7) is 6.53. The maximum Gasteiger partial charge on any atom is 0.0539 e. The second kappa shape index (κ2) is 2.52. The first-order chi connectivity index (χ1) is 5.95. The van der Waals surface area contributed by atoms with Gasteiger partial charge in [-0.25, -0.2) is 0 Å². The fourth-order valence-electron chi connectivity index (χ4n) is 1.69. The minimum Gasteiger partial charge on any atom is -0.320 e. The molecule has 1 aliphatic rings. The average Bonchev–Trinajstić information content (AvgIpc) is 2.20. The number of nitrogens with two attached hydrogens (primary N) is 1. The van der Waals surface area contributed by atoms with E-state index in [1.807, 2.05) is 11.8 Å². The molecule has 2 N–H and O–H groups in total. The summed E-state index contributed by atoms with van der Waals surface area (Å²) in [6.07, 6.45) is 0. The summed E-state index contributed by atoms with van der Waals surface area (Å²) in [5.74, 6) is 0. The van der Waals surface area contributed by atoms with Crippen LogP contribution < -0.4 is 5.73 Å². The maximum atomic E-state index is 6.35. The van der Waals surface area contributed by atoms with Gasteiger partial charge in [0.25, 0.3) is 0 Å². The summed E-state index contributed by atoms with van der Waals surface area (Å²) in [5.41, 5.74) is 7.41. The Morgan fingerprint density at radius 2 is 1.77 bits per heavy atom. The third kappa shape index (κ3) is 1.12. The zero-order valence-corrected chi connectivity index (χ0v) is 9.11. The Morgan fingerprint density at radius 3 is 2.38 bits per heavy atom. The van der Waals surface area contributed by atoms with E-state index in [1.54, 1.807) is 0 Å². The summed E-state index contributed by atoms with van der Waals surface area (Å²) in [5, 5.41) is 0. The van der Waals surface area contributed by atoms with Crippen molar-refractivity contribution in [2.45, 2.75) is 36.0 Å². The highest BCUT2D eigenvalue weighted by Gasteiger charge is 2.46. The van der Waals surface area contributed by atoms with Crippen LogP contribution in [-0.4, -0.2) is 4.75 Å². The van der Waals surface area contributed by atoms with E-state index >= 15 is 0 Å². The molecule has 2 heteroatoms. The van der Waals surface area contributed by atoms with E-state index in [9.17, 15) is 0 Å². The normalized spacial score (nSPS) is 30.2. The zero-order valence-electron chi connectivity index (χ0n) is 8.29. The van der Waals surface area contributed by atoms with Crippen LogP contribution in [0.5, 0.6) is 0 Å². The summed E-state index contributed by atoms with van der Waals surface area (Å²) < 4.78 is 0.0939. The molecule has 0 saturated heterocycles. The van der Waals surface area contributed by atoms with Crippen LogP contribution >= 0.6 is 11.8 Å². The van der Waals surface area contributed by atoms with Gasteiger partial charge < -0.3 is 5.73 Å². The summed E-state index contributed by atoms with van der Waals surface area (Å²) in [7, 11) is 0. The summed E-state index contributed by atoms with van der Waals surface area (Å²) >= 11 is 1.88. The zero-order chi connectivity index (χ0) is 9.69. The van der Waals surface area contributed by atoms with E-state index in [1.165, 1.54) is 10.5 Å². The minimum absolute atomic E-state index is 0.0939. The van der Waals surface area contributed by atoms with Crippen molar-refractivity contribution in [1.82, 2.24) is 0 Å². The van der Waals surface area contributed by atoms with Gasteiger partial charge in [-0.1, -0.05) is 18.2 Å². The molecule has 1 unspecified atom stereocenters. The van der Waals surface area contributed by atoms with Gasteiger partial charge in [-0.2, -0.15) is 0 Å². The van der Waals surface area contributed by atoms with E-state index in [0.717, 1.165) is 0 Å². The van der Waals surface area contributed by atoms with Gasteiger partial charge in [-0.05, 0) is 32.4 Å². The first-order valence-electron chi connectivity index (χ1n) is 4.52. The van der Waals surface area contributed by atoms with Crippen LogP contribution in [0.1, 0.15) is 26.3 Å². The summed E-state index contributed by atoms with van der Waals surface area (Å²) in [6, 6.07) is 8.42. The second-order valence-electron chi connectivity index (χ2n) is 4.31. The van der Waals surface area contributed by atoms with Crippen molar-refractivity contribution in [2.24, 2.45) is 5.73 Å². The number of thioether (sulfide) groups is 1. The first kappa shape index (κ1) is 9.10. The Balaban J connectivity index is 2.60. The van der Waals surface area contributed by atoms with Crippen molar-refractivity contribution < 1.29 is 0 Å². The molecule has 0 amide bonds. The molecule has 1 aromatic rings. The van der Waals surface area contributed by atoms with Crippen LogP contribution in [0.3, 0.4) is 0 Å². The summed E-state index contributed by atoms with van der Waals surface area (Å²) in [4.78, 5) is 1.33. The van der Waals surface area contributed by atoms with Gasteiger partial charge in [-0.3, -0.25) is 0 Å². The molecule has 0 aromatic heterocycles. The van der Waals surface area contributed by atoms with Crippen molar-refractivity contribution in [1.29, 1.82) is 0 Å². The van der Waals surface area contributed by atoms with Crippen molar-refractivity contribution in [3.05, 3.63) is 29.8 Å². The molecule has 13 heavy (non-hydrogen) atoms. The van der Waals surface area contributed by atoms with Gasteiger partial charge in [0.05, 0.1) is 5.54 Å². The highest BCUT2D eigenvalue weighted by molar-refractivity contribution is 8.01. The third-order valence-corrected chi connectivity index (χ3v) is 4.57. The molecule has 0 spiro atoms. The molecule has 0 fully saturated rings. The Kier molecular flexibility index (Phi) is 1.76. The molecule has 1 aliphatic heterocycles. The fraction of sp³-hybridized carbons (Fsp3) is 0.455. The van der Waals surface area contributed by atoms with Crippen LogP contribution in [0.15, 0.2) is 29.2 Å². The highest BCUT2D eigenvalue weighted by Crippen LogP contribution is 2.53. The lowest BCUT2D eigenvalue weighted by molar-refractivity contribution is 0.397. The first-order valence-corrected chi connectivity index (χ1v) is 5.34. The Labute approximate surface area is 83.7 Å². The predicted octanol–water partition coefficient (Wildman–Crippen LogP) is 2.74. The minimum atomic E-state index is -0.214. The monoisotopic (exact) mass is 193 g/mol. The SMILES string of the molecule is CC1(C)Sc2ccccc2C1(C)N. The van der Waals surface area contributed by atoms with E-state index in [2.05, 4.69) is 45.0 Å². The molecule has 0 aliphatic carbocycles. The van der Waals surface area contributed by atoms with Crippen molar-refractivity contribution in [3.63, 3.8) is 0 Å². The van der Waals surface area contributed by atoms with Gasteiger partial charge >= 0.3 is 0 Å². The van der Waals surface area contributed by atoms with Crippen molar-refractivity contribution in [3.8, 4) is 0 Å². The van der Waals surface area contributed by atoms with Gasteiger partial charge in [0, 0.05) is 9.64 Å². The Morgan fingerprint density at radius 1 is 1.15 bits per heavy atom. The Bertz CT molecular complexity index is 342. The number of rotatable bonds is 0. The topological polar surface area (TPSA) is 26.0 Å². The van der Waals surface area contributed by atoms with Crippen molar-refractivity contribution >= 4 is 11.8 Å². The number of fused-ring (bicyclic) bond motifs is 1.